The van der Waals surface area contributed by atoms with Crippen LogP contribution in [0.3, 0.4) is 0 Å². The monoisotopic (exact) mass is 328 g/mol. The maximum Gasteiger partial charge on any atom is 0.241 e. The average Bonchev–Trinajstić information content (AvgIpc) is 2.38. The second-order valence-electron chi connectivity index (χ2n) is 5.75. The molecule has 0 spiro atoms. The van der Waals surface area contributed by atoms with Crippen LogP contribution in [0.25, 0.3) is 0 Å². The molecule has 5 nitrogen and oxygen atoms in total. The Bertz CT molecular complexity index is 669. The summed E-state index contributed by atoms with van der Waals surface area (Å²) in [6.45, 7) is 7.41. The number of carbonyl (C=O) groups excluding carboxylic acids is 1. The molecule has 1 amide bonds. The minimum absolute atomic E-state index is 0.108. The van der Waals surface area contributed by atoms with E-state index in [0.29, 0.717) is 12.1 Å². The highest BCUT2D eigenvalue weighted by Crippen LogP contribution is 2.36. The van der Waals surface area contributed by atoms with E-state index in [0.717, 1.165) is 4.90 Å². The second kappa shape index (κ2) is 5.62. The Morgan fingerprint density at radius 3 is 2.67 bits per heavy atom. The lowest BCUT2D eigenvalue weighted by Crippen LogP contribution is -2.42. The maximum absolute atomic E-state index is 12.4. The Balaban J connectivity index is 2.34. The van der Waals surface area contributed by atoms with Crippen LogP contribution in [0.5, 0.6) is 0 Å². The molecule has 116 valence electrons. The summed E-state index contributed by atoms with van der Waals surface area (Å²) in [5.74, 6) is -0.108. The van der Waals surface area contributed by atoms with Gasteiger partial charge in [0.2, 0.25) is 15.9 Å². The highest BCUT2D eigenvalue weighted by Gasteiger charge is 2.28. The van der Waals surface area contributed by atoms with Crippen LogP contribution >= 0.6 is 11.8 Å². The number of amides is 1. The van der Waals surface area contributed by atoms with Crippen molar-refractivity contribution in [3.05, 3.63) is 18.2 Å². The number of benzene rings is 1. The van der Waals surface area contributed by atoms with Gasteiger partial charge in [0.15, 0.2) is 0 Å². The van der Waals surface area contributed by atoms with Crippen LogP contribution in [0, 0.1) is 0 Å². The normalized spacial score (nSPS) is 19.0. The number of hydrogen-bond acceptors (Lipinski definition) is 4. The molecule has 1 aromatic rings. The molecule has 0 aliphatic carbocycles. The average molecular weight is 328 g/mol. The van der Waals surface area contributed by atoms with Crippen LogP contribution in [0.4, 0.5) is 5.69 Å². The van der Waals surface area contributed by atoms with Gasteiger partial charge in [-0.25, -0.2) is 13.1 Å². The fourth-order valence-electron chi connectivity index (χ4n) is 1.85. The third-order valence-corrected chi connectivity index (χ3v) is 6.36. The summed E-state index contributed by atoms with van der Waals surface area (Å²) >= 11 is 1.43. The molecule has 2 rings (SSSR count). The fourth-order valence-corrected chi connectivity index (χ4v) is 4.29. The van der Waals surface area contributed by atoms with Gasteiger partial charge in [0, 0.05) is 10.4 Å². The Kier molecular flexibility index (Phi) is 4.37. The molecule has 1 aliphatic rings. The second-order valence-corrected chi connectivity index (χ2v) is 8.82. The summed E-state index contributed by atoms with van der Waals surface area (Å²) in [4.78, 5) is 12.7. The minimum atomic E-state index is -3.61. The molecular weight excluding hydrogens is 308 g/mol. The number of fused-ring (bicyclic) bond motifs is 1. The van der Waals surface area contributed by atoms with E-state index in [1.807, 2.05) is 27.7 Å². The molecular formula is C14H20N2O3S2. The largest absolute Gasteiger partial charge is 0.324 e. The molecule has 1 heterocycles. The molecule has 1 aromatic carbocycles. The zero-order valence-corrected chi connectivity index (χ0v) is 14.2. The van der Waals surface area contributed by atoms with Gasteiger partial charge in [-0.05, 0) is 45.4 Å². The molecule has 21 heavy (non-hydrogen) atoms. The SMILES string of the molecule is CCC(C)(C)NS(=O)(=O)c1ccc2c(c1)NC(=O)C(C)S2. The Morgan fingerprint density at radius 2 is 2.05 bits per heavy atom. The van der Waals surface area contributed by atoms with Crippen molar-refractivity contribution in [2.45, 2.75) is 54.7 Å². The van der Waals surface area contributed by atoms with Crippen LogP contribution in [0.15, 0.2) is 28.0 Å². The van der Waals surface area contributed by atoms with E-state index in [1.54, 1.807) is 12.1 Å². The number of nitrogens with one attached hydrogen (secondary N) is 2. The third kappa shape index (κ3) is 3.59. The van der Waals surface area contributed by atoms with E-state index >= 15 is 0 Å². The maximum atomic E-state index is 12.4. The first kappa shape index (κ1) is 16.3. The Hall–Kier alpha value is -1.05. The molecule has 0 saturated carbocycles. The van der Waals surface area contributed by atoms with Gasteiger partial charge in [-0.2, -0.15) is 0 Å². The molecule has 1 aliphatic heterocycles. The highest BCUT2D eigenvalue weighted by molar-refractivity contribution is 8.01. The Labute approximate surface area is 129 Å². The van der Waals surface area contributed by atoms with Crippen molar-refractivity contribution in [3.8, 4) is 0 Å². The lowest BCUT2D eigenvalue weighted by atomic mass is 10.0. The van der Waals surface area contributed by atoms with Crippen molar-refractivity contribution in [3.63, 3.8) is 0 Å². The standard InChI is InChI=1S/C14H20N2O3S2/c1-5-14(3,4)16-21(18,19)10-6-7-12-11(8-10)15-13(17)9(2)20-12/h6-9,16H,5H2,1-4H3,(H,15,17). The predicted octanol–water partition coefficient (Wildman–Crippen LogP) is 2.59. The van der Waals surface area contributed by atoms with Crippen LogP contribution in [-0.2, 0) is 14.8 Å². The first-order valence-corrected chi connectivity index (χ1v) is 9.16. The minimum Gasteiger partial charge on any atom is -0.324 e. The summed E-state index contributed by atoms with van der Waals surface area (Å²) in [5.41, 5.74) is 0.0432. The van der Waals surface area contributed by atoms with Gasteiger partial charge in [-0.15, -0.1) is 11.8 Å². The van der Waals surface area contributed by atoms with E-state index in [4.69, 9.17) is 0 Å². The van der Waals surface area contributed by atoms with E-state index in [2.05, 4.69) is 10.0 Å². The van der Waals surface area contributed by atoms with E-state index in [-0.39, 0.29) is 16.1 Å². The third-order valence-electron chi connectivity index (χ3n) is 3.49. The smallest absolute Gasteiger partial charge is 0.241 e. The van der Waals surface area contributed by atoms with Crippen LogP contribution < -0.4 is 10.0 Å². The topological polar surface area (TPSA) is 75.3 Å². The zero-order chi connectivity index (χ0) is 15.8. The first-order chi connectivity index (χ1) is 9.64. The highest BCUT2D eigenvalue weighted by atomic mass is 32.2. The van der Waals surface area contributed by atoms with Gasteiger partial charge >= 0.3 is 0 Å². The number of rotatable bonds is 4. The van der Waals surface area contributed by atoms with Gasteiger partial charge in [0.1, 0.15) is 0 Å². The molecule has 0 radical (unpaired) electrons. The van der Waals surface area contributed by atoms with Gasteiger partial charge in [0.25, 0.3) is 0 Å². The molecule has 1 unspecified atom stereocenters. The number of carbonyl (C=O) groups is 1. The summed E-state index contributed by atoms with van der Waals surface area (Å²) in [5, 5.41) is 2.58. The first-order valence-electron chi connectivity index (χ1n) is 6.80. The van der Waals surface area contributed by atoms with Crippen LogP contribution in [-0.4, -0.2) is 25.1 Å². The predicted molar refractivity (Wildman–Crippen MR) is 85.1 cm³/mol. The zero-order valence-electron chi connectivity index (χ0n) is 12.6. The van der Waals surface area contributed by atoms with E-state index in [9.17, 15) is 13.2 Å². The number of sulfonamides is 1. The Morgan fingerprint density at radius 1 is 1.38 bits per heavy atom. The van der Waals surface area contributed by atoms with E-state index < -0.39 is 15.6 Å². The summed E-state index contributed by atoms with van der Waals surface area (Å²) in [7, 11) is -3.61. The molecule has 0 saturated heterocycles. The van der Waals surface area contributed by atoms with Gasteiger partial charge in [0.05, 0.1) is 15.8 Å². The van der Waals surface area contributed by atoms with Crippen molar-refractivity contribution in [1.29, 1.82) is 0 Å². The number of anilines is 1. The van der Waals surface area contributed by atoms with Crippen molar-refractivity contribution in [2.24, 2.45) is 0 Å². The van der Waals surface area contributed by atoms with Gasteiger partial charge in [-0.1, -0.05) is 6.92 Å². The van der Waals surface area contributed by atoms with Crippen LogP contribution in [0.1, 0.15) is 34.1 Å². The fraction of sp³-hybridized carbons (Fsp3) is 0.500. The molecule has 0 aromatic heterocycles. The van der Waals surface area contributed by atoms with Crippen molar-refractivity contribution < 1.29 is 13.2 Å². The van der Waals surface area contributed by atoms with E-state index in [1.165, 1.54) is 17.8 Å². The lowest BCUT2D eigenvalue weighted by molar-refractivity contribution is -0.115. The van der Waals surface area contributed by atoms with Gasteiger partial charge < -0.3 is 5.32 Å². The molecule has 0 bridgehead atoms. The van der Waals surface area contributed by atoms with Crippen molar-refractivity contribution in [1.82, 2.24) is 4.72 Å². The summed E-state index contributed by atoms with van der Waals surface area (Å²) < 4.78 is 27.5. The van der Waals surface area contributed by atoms with Crippen LogP contribution in [0.2, 0.25) is 0 Å². The quantitative estimate of drug-likeness (QED) is 0.891. The molecule has 7 heteroatoms. The summed E-state index contributed by atoms with van der Waals surface area (Å²) in [6, 6.07) is 4.83. The van der Waals surface area contributed by atoms with Crippen molar-refractivity contribution in [2.75, 3.05) is 5.32 Å². The number of thioether (sulfide) groups is 1. The van der Waals surface area contributed by atoms with Gasteiger partial charge in [-0.3, -0.25) is 4.79 Å². The van der Waals surface area contributed by atoms with Crippen molar-refractivity contribution >= 4 is 33.4 Å². The lowest BCUT2D eigenvalue weighted by Gasteiger charge is -2.25. The number of hydrogen-bond donors (Lipinski definition) is 2. The molecule has 0 fully saturated rings. The summed E-state index contributed by atoms with van der Waals surface area (Å²) in [6.07, 6.45) is 0.682. The molecule has 2 N–H and O–H groups in total. The molecule has 1 atom stereocenters.